The van der Waals surface area contributed by atoms with Crippen LogP contribution in [0.15, 0.2) is 18.5 Å². The molecule has 114 valence electrons. The van der Waals surface area contributed by atoms with E-state index >= 15 is 0 Å². The predicted octanol–water partition coefficient (Wildman–Crippen LogP) is 1.96. The van der Waals surface area contributed by atoms with Crippen molar-refractivity contribution in [1.82, 2.24) is 9.21 Å². The van der Waals surface area contributed by atoms with Crippen LogP contribution >= 0.6 is 43.2 Å². The van der Waals surface area contributed by atoms with E-state index in [-0.39, 0.29) is 6.61 Å². The Morgan fingerprint density at radius 1 is 1.25 bits per heavy atom. The highest BCUT2D eigenvalue weighted by atomic mass is 79.9. The molecular weight excluding hydrogens is 432 g/mol. The van der Waals surface area contributed by atoms with Crippen LogP contribution in [0.5, 0.6) is 0 Å². The number of sulfonamides is 1. The Bertz CT molecular complexity index is 562. The van der Waals surface area contributed by atoms with E-state index in [0.29, 0.717) is 34.9 Å². The fourth-order valence-corrected chi connectivity index (χ4v) is 7.42. The fourth-order valence-electron chi connectivity index (χ4n) is 2.19. The van der Waals surface area contributed by atoms with Gasteiger partial charge in [-0.2, -0.15) is 4.31 Å². The van der Waals surface area contributed by atoms with E-state index in [2.05, 4.69) is 36.8 Å². The van der Waals surface area contributed by atoms with E-state index < -0.39 is 10.0 Å². The van der Waals surface area contributed by atoms with Gasteiger partial charge in [0, 0.05) is 26.2 Å². The normalized spacial score (nSPS) is 19.1. The molecule has 20 heavy (non-hydrogen) atoms. The molecule has 0 atom stereocenters. The molecule has 0 spiro atoms. The first-order chi connectivity index (χ1) is 9.45. The van der Waals surface area contributed by atoms with Crippen molar-refractivity contribution in [2.75, 3.05) is 39.3 Å². The molecule has 1 aromatic heterocycles. The maximum atomic E-state index is 12.7. The largest absolute Gasteiger partial charge is 0.395 e. The van der Waals surface area contributed by atoms with Crippen molar-refractivity contribution in [1.29, 1.82) is 0 Å². The number of aliphatic hydroxyl groups excluding tert-OH is 1. The summed E-state index contributed by atoms with van der Waals surface area (Å²) in [5.41, 5.74) is 0. The van der Waals surface area contributed by atoms with Crippen LogP contribution in [-0.4, -0.2) is 62.1 Å². The molecule has 1 aliphatic rings. The molecule has 0 amide bonds. The molecule has 9 heteroatoms. The van der Waals surface area contributed by atoms with Gasteiger partial charge in [0.15, 0.2) is 0 Å². The van der Waals surface area contributed by atoms with Crippen LogP contribution in [0.1, 0.15) is 6.42 Å². The number of aliphatic hydroxyl groups is 1. The molecule has 0 radical (unpaired) electrons. The lowest BCUT2D eigenvalue weighted by Gasteiger charge is -2.20. The average Bonchev–Trinajstić information content (AvgIpc) is 2.61. The lowest BCUT2D eigenvalue weighted by molar-refractivity contribution is 0.202. The molecule has 1 aromatic rings. The summed E-state index contributed by atoms with van der Waals surface area (Å²) in [6.07, 6.45) is 0.780. The highest BCUT2D eigenvalue weighted by molar-refractivity contribution is 9.12. The molecule has 5 nitrogen and oxygen atoms in total. The zero-order valence-corrected chi connectivity index (χ0v) is 15.6. The van der Waals surface area contributed by atoms with E-state index in [1.165, 1.54) is 15.6 Å². The molecule has 0 aliphatic carbocycles. The van der Waals surface area contributed by atoms with Gasteiger partial charge in [-0.3, -0.25) is 4.90 Å². The van der Waals surface area contributed by atoms with Gasteiger partial charge in [0.1, 0.15) is 4.90 Å². The lowest BCUT2D eigenvalue weighted by Crippen LogP contribution is -2.35. The Morgan fingerprint density at radius 2 is 2.00 bits per heavy atom. The monoisotopic (exact) mass is 446 g/mol. The summed E-state index contributed by atoms with van der Waals surface area (Å²) in [5, 5.41) is 8.97. The van der Waals surface area contributed by atoms with Gasteiger partial charge in [-0.15, -0.1) is 11.3 Å². The van der Waals surface area contributed by atoms with Gasteiger partial charge in [0.2, 0.25) is 10.0 Å². The Morgan fingerprint density at radius 3 is 2.60 bits per heavy atom. The molecule has 0 saturated carbocycles. The first-order valence-corrected chi connectivity index (χ1v) is 10.1. The maximum Gasteiger partial charge on any atom is 0.245 e. The van der Waals surface area contributed by atoms with Gasteiger partial charge in [-0.05, 0) is 50.9 Å². The predicted molar refractivity (Wildman–Crippen MR) is 86.6 cm³/mol. The summed E-state index contributed by atoms with van der Waals surface area (Å²) in [5.74, 6) is 0. The highest BCUT2D eigenvalue weighted by Gasteiger charge is 2.29. The van der Waals surface area contributed by atoms with Crippen molar-refractivity contribution in [3.63, 3.8) is 0 Å². The van der Waals surface area contributed by atoms with Crippen molar-refractivity contribution >= 4 is 53.2 Å². The van der Waals surface area contributed by atoms with Crippen LogP contribution in [0.3, 0.4) is 0 Å². The molecule has 1 aliphatic heterocycles. The second kappa shape index (κ2) is 7.17. The van der Waals surface area contributed by atoms with E-state index in [0.717, 1.165) is 16.8 Å². The Kier molecular flexibility index (Phi) is 6.04. The summed E-state index contributed by atoms with van der Waals surface area (Å²) in [7, 11) is -3.46. The zero-order chi connectivity index (χ0) is 14.8. The average molecular weight is 448 g/mol. The lowest BCUT2D eigenvalue weighted by atomic mass is 10.4. The van der Waals surface area contributed by atoms with Crippen LogP contribution in [-0.2, 0) is 10.0 Å². The third-order valence-corrected chi connectivity index (χ3v) is 7.86. The molecule has 1 saturated heterocycles. The van der Waals surface area contributed by atoms with Gasteiger partial charge in [-0.1, -0.05) is 0 Å². The van der Waals surface area contributed by atoms with Crippen molar-refractivity contribution in [2.45, 2.75) is 11.3 Å². The Hall–Kier alpha value is 0.490. The van der Waals surface area contributed by atoms with Gasteiger partial charge in [0.25, 0.3) is 0 Å². The number of hydrogen-bond donors (Lipinski definition) is 1. The highest BCUT2D eigenvalue weighted by Crippen LogP contribution is 2.36. The first-order valence-electron chi connectivity index (χ1n) is 6.23. The Balaban J connectivity index is 2.16. The van der Waals surface area contributed by atoms with Gasteiger partial charge in [0.05, 0.1) is 14.2 Å². The molecule has 1 N–H and O–H groups in total. The summed E-state index contributed by atoms with van der Waals surface area (Å²) >= 11 is 7.99. The smallest absolute Gasteiger partial charge is 0.245 e. The Labute approximate surface area is 139 Å². The van der Waals surface area contributed by atoms with Crippen molar-refractivity contribution in [3.05, 3.63) is 13.6 Å². The van der Waals surface area contributed by atoms with E-state index in [1.807, 2.05) is 0 Å². The molecular formula is C11H16Br2N2O3S2. The minimum Gasteiger partial charge on any atom is -0.395 e. The van der Waals surface area contributed by atoms with Crippen molar-refractivity contribution < 1.29 is 13.5 Å². The van der Waals surface area contributed by atoms with Crippen molar-refractivity contribution in [2.24, 2.45) is 0 Å². The maximum absolute atomic E-state index is 12.7. The van der Waals surface area contributed by atoms with Crippen LogP contribution in [0.4, 0.5) is 0 Å². The van der Waals surface area contributed by atoms with E-state index in [1.54, 1.807) is 6.07 Å². The molecule has 0 bridgehead atoms. The first kappa shape index (κ1) is 16.9. The third kappa shape index (κ3) is 3.82. The summed E-state index contributed by atoms with van der Waals surface area (Å²) in [4.78, 5) is 2.42. The van der Waals surface area contributed by atoms with Gasteiger partial charge < -0.3 is 5.11 Å². The van der Waals surface area contributed by atoms with Gasteiger partial charge >= 0.3 is 0 Å². The zero-order valence-electron chi connectivity index (χ0n) is 10.8. The quantitative estimate of drug-likeness (QED) is 0.766. The van der Waals surface area contributed by atoms with Crippen LogP contribution in [0.2, 0.25) is 0 Å². The number of β-amino-alcohol motifs (C(OH)–C–C–N with tert-alkyl or cyclic N) is 1. The molecule has 0 aromatic carbocycles. The standard InChI is InChI=1S/C11H16Br2N2O3S2/c12-10-8-9(11(13)19-10)20(17,18)15-3-1-2-14(4-5-15)6-7-16/h8,16H,1-7H2. The number of hydrogen-bond acceptors (Lipinski definition) is 5. The minimum atomic E-state index is -3.46. The minimum absolute atomic E-state index is 0.107. The molecule has 1 fully saturated rings. The second-order valence-electron chi connectivity index (χ2n) is 4.51. The van der Waals surface area contributed by atoms with E-state index in [9.17, 15) is 8.42 Å². The molecule has 2 heterocycles. The molecule has 2 rings (SSSR count). The number of rotatable bonds is 4. The summed E-state index contributed by atoms with van der Waals surface area (Å²) in [6.45, 7) is 3.16. The topological polar surface area (TPSA) is 60.9 Å². The number of halogens is 2. The third-order valence-electron chi connectivity index (χ3n) is 3.21. The van der Waals surface area contributed by atoms with Crippen molar-refractivity contribution in [3.8, 4) is 0 Å². The fraction of sp³-hybridized carbons (Fsp3) is 0.636. The number of thiophene rings is 1. The van der Waals surface area contributed by atoms with Crippen LogP contribution in [0.25, 0.3) is 0 Å². The summed E-state index contributed by atoms with van der Waals surface area (Å²) in [6, 6.07) is 1.64. The van der Waals surface area contributed by atoms with Crippen LogP contribution < -0.4 is 0 Å². The molecule has 0 unspecified atom stereocenters. The SMILES string of the molecule is O=S(=O)(c1cc(Br)sc1Br)N1CCCN(CCO)CC1. The second-order valence-corrected chi connectivity index (χ2v) is 10.2. The summed E-state index contributed by atoms with van der Waals surface area (Å²) < 4.78 is 28.3. The van der Waals surface area contributed by atoms with E-state index in [4.69, 9.17) is 5.11 Å². The number of nitrogens with zero attached hydrogens (tertiary/aromatic N) is 2. The van der Waals surface area contributed by atoms with Gasteiger partial charge in [-0.25, -0.2) is 8.42 Å². The van der Waals surface area contributed by atoms with Crippen LogP contribution in [0, 0.1) is 0 Å².